The number of unbranched alkanes of at least 4 members (excludes halogenated alkanes) is 1. The summed E-state index contributed by atoms with van der Waals surface area (Å²) in [5, 5.41) is 6.51. The van der Waals surface area contributed by atoms with Crippen molar-refractivity contribution in [3.63, 3.8) is 0 Å². The number of nitrogens with one attached hydrogen (secondary N) is 3. The molecule has 200 valence electrons. The van der Waals surface area contributed by atoms with E-state index in [0.29, 0.717) is 0 Å². The topological polar surface area (TPSA) is 123 Å². The van der Waals surface area contributed by atoms with E-state index in [4.69, 9.17) is 9.47 Å². The van der Waals surface area contributed by atoms with Crippen LogP contribution in [-0.2, 0) is 37.1 Å². The second-order valence-electron chi connectivity index (χ2n) is 7.87. The minimum Gasteiger partial charge on any atom is -0.460 e. The first-order valence-corrected chi connectivity index (χ1v) is 11.4. The fraction of sp³-hybridized carbons (Fsp3) is 0.360. The Morgan fingerprint density at radius 2 is 1.35 bits per heavy atom. The van der Waals surface area contributed by atoms with Crippen LogP contribution in [-0.4, -0.2) is 49.2 Å². The third-order valence-electron chi connectivity index (χ3n) is 4.93. The smallest absolute Gasteiger partial charge is 0.460 e. The van der Waals surface area contributed by atoms with Crippen LogP contribution in [0.15, 0.2) is 60.7 Å². The van der Waals surface area contributed by atoms with Crippen molar-refractivity contribution in [1.82, 2.24) is 16.0 Å². The molecular formula is C25H28F3N3O6. The number of ether oxygens (including phenoxy) is 2. The van der Waals surface area contributed by atoms with E-state index >= 15 is 0 Å². The summed E-state index contributed by atoms with van der Waals surface area (Å²) in [6, 6.07) is 16.6. The zero-order chi connectivity index (χ0) is 27.1. The Morgan fingerprint density at radius 3 is 1.92 bits per heavy atom. The molecule has 1 atom stereocenters. The summed E-state index contributed by atoms with van der Waals surface area (Å²) in [5.74, 6) is -3.46. The van der Waals surface area contributed by atoms with Crippen LogP contribution < -0.4 is 16.0 Å². The first-order valence-electron chi connectivity index (χ1n) is 11.4. The molecule has 0 heterocycles. The van der Waals surface area contributed by atoms with Gasteiger partial charge >= 0.3 is 24.1 Å². The Labute approximate surface area is 211 Å². The van der Waals surface area contributed by atoms with Gasteiger partial charge < -0.3 is 25.4 Å². The van der Waals surface area contributed by atoms with Crippen LogP contribution in [0.1, 0.15) is 30.4 Å². The minimum absolute atomic E-state index is 0.0205. The van der Waals surface area contributed by atoms with Gasteiger partial charge in [-0.25, -0.2) is 4.79 Å². The molecule has 0 bridgehead atoms. The lowest BCUT2D eigenvalue weighted by Gasteiger charge is -2.18. The van der Waals surface area contributed by atoms with E-state index in [0.717, 1.165) is 11.1 Å². The van der Waals surface area contributed by atoms with Gasteiger partial charge in [-0.15, -0.1) is 0 Å². The Morgan fingerprint density at radius 1 is 0.784 bits per heavy atom. The predicted molar refractivity (Wildman–Crippen MR) is 126 cm³/mol. The quantitative estimate of drug-likeness (QED) is 0.274. The molecule has 0 spiro atoms. The lowest BCUT2D eigenvalue weighted by molar-refractivity contribution is -0.173. The molecule has 3 N–H and O–H groups in total. The summed E-state index contributed by atoms with van der Waals surface area (Å²) in [5.41, 5.74) is 1.49. The number of rotatable bonds is 13. The number of alkyl carbamates (subject to hydrolysis) is 1. The Hall–Kier alpha value is -4.09. The zero-order valence-electron chi connectivity index (χ0n) is 19.9. The van der Waals surface area contributed by atoms with Crippen LogP contribution in [0.25, 0.3) is 0 Å². The van der Waals surface area contributed by atoms with Gasteiger partial charge in [-0.2, -0.15) is 13.2 Å². The summed E-state index contributed by atoms with van der Waals surface area (Å²) in [6.07, 6.45) is -5.55. The molecule has 0 aliphatic carbocycles. The molecule has 0 saturated carbocycles. The largest absolute Gasteiger partial charge is 0.471 e. The van der Waals surface area contributed by atoms with Crippen molar-refractivity contribution in [2.24, 2.45) is 0 Å². The Balaban J connectivity index is 1.83. The average Bonchev–Trinajstić information content (AvgIpc) is 2.89. The van der Waals surface area contributed by atoms with Crippen LogP contribution in [0.5, 0.6) is 0 Å². The number of hydrogen-bond donors (Lipinski definition) is 3. The summed E-state index contributed by atoms with van der Waals surface area (Å²) in [7, 11) is 0. The number of carbonyl (C=O) groups excluding carboxylic acids is 4. The van der Waals surface area contributed by atoms with Gasteiger partial charge in [0.15, 0.2) is 0 Å². The number of amides is 3. The van der Waals surface area contributed by atoms with Gasteiger partial charge in [0.05, 0.1) is 0 Å². The number of esters is 1. The minimum atomic E-state index is -4.98. The molecule has 0 aliphatic heterocycles. The summed E-state index contributed by atoms with van der Waals surface area (Å²) >= 11 is 0. The Bertz CT molecular complexity index is 1020. The highest BCUT2D eigenvalue weighted by atomic mass is 19.4. The molecule has 2 aromatic rings. The second kappa shape index (κ2) is 15.1. The second-order valence-corrected chi connectivity index (χ2v) is 7.87. The average molecular weight is 524 g/mol. The molecular weight excluding hydrogens is 495 g/mol. The van der Waals surface area contributed by atoms with Gasteiger partial charge in [0.1, 0.15) is 25.8 Å². The highest BCUT2D eigenvalue weighted by molar-refractivity contribution is 5.88. The number of alkyl halides is 3. The first-order chi connectivity index (χ1) is 17.6. The molecule has 0 saturated heterocycles. The Kier molecular flexibility index (Phi) is 11.9. The molecule has 2 aromatic carbocycles. The van der Waals surface area contributed by atoms with Gasteiger partial charge in [-0.05, 0) is 30.4 Å². The maximum Gasteiger partial charge on any atom is 0.471 e. The van der Waals surface area contributed by atoms with E-state index in [1.807, 2.05) is 6.07 Å². The molecule has 37 heavy (non-hydrogen) atoms. The summed E-state index contributed by atoms with van der Waals surface area (Å²) in [6.45, 7) is -0.746. The number of hydrogen-bond acceptors (Lipinski definition) is 6. The van der Waals surface area contributed by atoms with Gasteiger partial charge in [0, 0.05) is 6.54 Å². The molecule has 2 rings (SSSR count). The molecule has 0 aromatic heterocycles. The van der Waals surface area contributed by atoms with E-state index in [1.54, 1.807) is 59.9 Å². The van der Waals surface area contributed by atoms with Crippen molar-refractivity contribution >= 4 is 23.9 Å². The zero-order valence-corrected chi connectivity index (χ0v) is 19.9. The SMILES string of the molecule is O=C(CNC(=O)[C@H](CCCCNC(=O)C(F)(F)F)NC(=O)OCc1ccccc1)OCc1ccccc1. The van der Waals surface area contributed by atoms with E-state index in [-0.39, 0.29) is 39.0 Å². The maximum atomic E-state index is 12.6. The summed E-state index contributed by atoms with van der Waals surface area (Å²) in [4.78, 5) is 47.7. The van der Waals surface area contributed by atoms with Crippen molar-refractivity contribution in [1.29, 1.82) is 0 Å². The number of benzene rings is 2. The van der Waals surface area contributed by atoms with Crippen molar-refractivity contribution in [2.45, 2.75) is 44.7 Å². The third kappa shape index (κ3) is 11.9. The van der Waals surface area contributed by atoms with Gasteiger partial charge in [0.2, 0.25) is 5.91 Å². The van der Waals surface area contributed by atoms with E-state index in [9.17, 15) is 32.3 Å². The number of halogens is 3. The fourth-order valence-corrected chi connectivity index (χ4v) is 3.02. The van der Waals surface area contributed by atoms with Crippen LogP contribution in [0.3, 0.4) is 0 Å². The van der Waals surface area contributed by atoms with Crippen LogP contribution in [0, 0.1) is 0 Å². The molecule has 0 aliphatic rings. The maximum absolute atomic E-state index is 12.6. The van der Waals surface area contributed by atoms with E-state index in [1.165, 1.54) is 0 Å². The molecule has 0 unspecified atom stereocenters. The van der Waals surface area contributed by atoms with Crippen LogP contribution >= 0.6 is 0 Å². The van der Waals surface area contributed by atoms with Crippen LogP contribution in [0.4, 0.5) is 18.0 Å². The highest BCUT2D eigenvalue weighted by Crippen LogP contribution is 2.14. The van der Waals surface area contributed by atoms with Crippen molar-refractivity contribution in [3.05, 3.63) is 71.8 Å². The third-order valence-corrected chi connectivity index (χ3v) is 4.93. The molecule has 3 amide bonds. The predicted octanol–water partition coefficient (Wildman–Crippen LogP) is 2.99. The fourth-order valence-electron chi connectivity index (χ4n) is 3.02. The van der Waals surface area contributed by atoms with Crippen LogP contribution in [0.2, 0.25) is 0 Å². The molecule has 12 heteroatoms. The van der Waals surface area contributed by atoms with Crippen molar-refractivity contribution in [2.75, 3.05) is 13.1 Å². The summed E-state index contributed by atoms with van der Waals surface area (Å²) < 4.78 is 47.0. The number of carbonyl (C=O) groups is 4. The van der Waals surface area contributed by atoms with E-state index < -0.39 is 42.6 Å². The van der Waals surface area contributed by atoms with E-state index in [2.05, 4.69) is 10.6 Å². The molecule has 9 nitrogen and oxygen atoms in total. The normalized spacial score (nSPS) is 11.6. The standard InChI is InChI=1S/C25H28F3N3O6/c26-25(27,28)23(34)29-14-8-7-13-20(31-24(35)37-17-19-11-5-2-6-12-19)22(33)30-15-21(32)36-16-18-9-3-1-4-10-18/h1-6,9-12,20H,7-8,13-17H2,(H,29,34)(H,30,33)(H,31,35)/t20-/m0/s1. The molecule has 0 fully saturated rings. The monoisotopic (exact) mass is 523 g/mol. The van der Waals surface area contributed by atoms with Crippen molar-refractivity contribution < 1.29 is 41.8 Å². The lowest BCUT2D eigenvalue weighted by atomic mass is 10.1. The first kappa shape index (κ1) is 29.1. The molecule has 0 radical (unpaired) electrons. The van der Waals surface area contributed by atoms with Gasteiger partial charge in [0.25, 0.3) is 0 Å². The van der Waals surface area contributed by atoms with Crippen molar-refractivity contribution in [3.8, 4) is 0 Å². The lowest BCUT2D eigenvalue weighted by Crippen LogP contribution is -2.48. The van der Waals surface area contributed by atoms with Gasteiger partial charge in [-0.1, -0.05) is 60.7 Å². The van der Waals surface area contributed by atoms with Gasteiger partial charge in [-0.3, -0.25) is 14.4 Å². The highest BCUT2D eigenvalue weighted by Gasteiger charge is 2.38.